The van der Waals surface area contributed by atoms with Crippen LogP contribution in [0, 0.1) is 11.6 Å². The number of aromatic nitrogens is 1. The van der Waals surface area contributed by atoms with Crippen LogP contribution in [0.15, 0.2) is 30.5 Å². The van der Waals surface area contributed by atoms with Gasteiger partial charge in [0.15, 0.2) is 17.3 Å². The fourth-order valence-corrected chi connectivity index (χ4v) is 5.12. The van der Waals surface area contributed by atoms with Gasteiger partial charge in [-0.3, -0.25) is 9.59 Å². The molecule has 1 aliphatic heterocycles. The Kier molecular flexibility index (Phi) is 6.36. The molecule has 1 aromatic heterocycles. The maximum atomic E-state index is 14.3. The number of ether oxygens (including phenoxy) is 1. The molecule has 2 heterocycles. The molecule has 0 saturated carbocycles. The van der Waals surface area contributed by atoms with Gasteiger partial charge in [-0.1, -0.05) is 6.07 Å². The van der Waals surface area contributed by atoms with Gasteiger partial charge in [-0.25, -0.2) is 9.37 Å². The lowest BCUT2D eigenvalue weighted by Crippen LogP contribution is -2.37. The van der Waals surface area contributed by atoms with Gasteiger partial charge in [0.2, 0.25) is 11.7 Å². The highest BCUT2D eigenvalue weighted by Gasteiger charge is 2.60. The van der Waals surface area contributed by atoms with Gasteiger partial charge >= 0.3 is 6.18 Å². The van der Waals surface area contributed by atoms with Crippen molar-refractivity contribution < 1.29 is 36.3 Å². The van der Waals surface area contributed by atoms with E-state index in [-0.39, 0.29) is 16.9 Å². The Balaban J connectivity index is 2.05. The summed E-state index contributed by atoms with van der Waals surface area (Å²) in [7, 11) is 1.05. The highest BCUT2D eigenvalue weighted by molar-refractivity contribution is 8.02. The minimum absolute atomic E-state index is 0.0756. The molecule has 0 spiro atoms. The average Bonchev–Trinajstić information content (AvgIpc) is 3.09. The standard InChI is InChI=1S/C20H18F5N3O3S/c1-19(20(23,24)25)8-10(9-5-6-11(21)13(22)15(9)31-2)16(32-19)18(30)28-12-4-3-7-27-14(12)17(26)29/h3-7,10,16H,8H2,1-2H3,(H2,26,29)(H,28,30)/t10-,16+,19+/m0/s1. The van der Waals surface area contributed by atoms with E-state index in [1.54, 1.807) is 0 Å². The average molecular weight is 475 g/mol. The molecule has 3 rings (SSSR count). The number of amides is 2. The molecule has 3 N–H and O–H groups in total. The number of primary amides is 1. The van der Waals surface area contributed by atoms with Crippen molar-refractivity contribution in [2.24, 2.45) is 5.73 Å². The Bertz CT molecular complexity index is 1070. The summed E-state index contributed by atoms with van der Waals surface area (Å²) in [5, 5.41) is 1.01. The zero-order chi connectivity index (χ0) is 23.8. The molecule has 172 valence electrons. The van der Waals surface area contributed by atoms with E-state index in [0.29, 0.717) is 11.8 Å². The lowest BCUT2D eigenvalue weighted by atomic mass is 9.85. The van der Waals surface area contributed by atoms with Crippen molar-refractivity contribution in [2.45, 2.75) is 35.4 Å². The van der Waals surface area contributed by atoms with Gasteiger partial charge in [-0.05, 0) is 31.5 Å². The third-order valence-corrected chi connectivity index (χ3v) is 6.92. The van der Waals surface area contributed by atoms with Crippen molar-refractivity contribution in [3.8, 4) is 5.75 Å². The van der Waals surface area contributed by atoms with Crippen LogP contribution >= 0.6 is 11.8 Å². The largest absolute Gasteiger partial charge is 0.493 e. The molecule has 32 heavy (non-hydrogen) atoms. The molecule has 2 aromatic rings. The summed E-state index contributed by atoms with van der Waals surface area (Å²) in [6.07, 6.45) is -4.02. The first kappa shape index (κ1) is 23.8. The Morgan fingerprint density at radius 3 is 2.56 bits per heavy atom. The quantitative estimate of drug-likeness (QED) is 0.638. The summed E-state index contributed by atoms with van der Waals surface area (Å²) in [6, 6.07) is 4.59. The molecular formula is C20H18F5N3O3S. The molecule has 0 aliphatic carbocycles. The smallest absolute Gasteiger partial charge is 0.403 e. The van der Waals surface area contributed by atoms with Crippen LogP contribution in [0.1, 0.15) is 35.3 Å². The number of hydrogen-bond donors (Lipinski definition) is 2. The van der Waals surface area contributed by atoms with Gasteiger partial charge < -0.3 is 15.8 Å². The Morgan fingerprint density at radius 2 is 1.97 bits per heavy atom. The number of anilines is 1. The summed E-state index contributed by atoms with van der Waals surface area (Å²) < 4.78 is 71.9. The van der Waals surface area contributed by atoms with Gasteiger partial charge in [0.05, 0.1) is 18.0 Å². The van der Waals surface area contributed by atoms with Crippen molar-refractivity contribution in [1.29, 1.82) is 0 Å². The number of nitrogens with zero attached hydrogens (tertiary/aromatic N) is 1. The Hall–Kier alpha value is -2.89. The SMILES string of the molecule is COc1c([C@@H]2C[C@](C)(C(F)(F)F)S[C@H]2C(=O)Nc2cccnc2C(N)=O)ccc(F)c1F. The monoisotopic (exact) mass is 475 g/mol. The Morgan fingerprint density at radius 1 is 1.28 bits per heavy atom. The number of pyridine rings is 1. The van der Waals surface area contributed by atoms with Crippen molar-refractivity contribution in [1.82, 2.24) is 4.98 Å². The molecule has 2 amide bonds. The maximum Gasteiger partial charge on any atom is 0.403 e. The fourth-order valence-electron chi connectivity index (χ4n) is 3.58. The zero-order valence-electron chi connectivity index (χ0n) is 16.8. The van der Waals surface area contributed by atoms with E-state index < -0.39 is 57.7 Å². The molecule has 3 atom stereocenters. The number of thioether (sulfide) groups is 1. The second-order valence-corrected chi connectivity index (χ2v) is 8.96. The van der Waals surface area contributed by atoms with Crippen LogP contribution in [0.2, 0.25) is 0 Å². The van der Waals surface area contributed by atoms with Gasteiger partial charge in [0.1, 0.15) is 4.75 Å². The summed E-state index contributed by atoms with van der Waals surface area (Å²) in [6.45, 7) is 0.934. The molecular weight excluding hydrogens is 457 g/mol. The van der Waals surface area contributed by atoms with Gasteiger partial charge in [-0.2, -0.15) is 17.6 Å². The van der Waals surface area contributed by atoms with Crippen molar-refractivity contribution in [3.05, 3.63) is 53.4 Å². The number of hydrogen-bond acceptors (Lipinski definition) is 5. The molecule has 0 bridgehead atoms. The summed E-state index contributed by atoms with van der Waals surface area (Å²) in [5.41, 5.74) is 4.80. The fraction of sp³-hybridized carbons (Fsp3) is 0.350. The van der Waals surface area contributed by atoms with E-state index >= 15 is 0 Å². The lowest BCUT2D eigenvalue weighted by Gasteiger charge is -2.26. The minimum Gasteiger partial charge on any atom is -0.493 e. The van der Waals surface area contributed by atoms with Crippen LogP contribution in [0.3, 0.4) is 0 Å². The number of benzene rings is 1. The lowest BCUT2D eigenvalue weighted by molar-refractivity contribution is -0.155. The molecule has 1 fully saturated rings. The third-order valence-electron chi connectivity index (χ3n) is 5.20. The van der Waals surface area contributed by atoms with E-state index in [2.05, 4.69) is 10.3 Å². The van der Waals surface area contributed by atoms with Crippen LogP contribution in [0.4, 0.5) is 27.6 Å². The zero-order valence-corrected chi connectivity index (χ0v) is 17.6. The molecule has 0 radical (unpaired) electrons. The van der Waals surface area contributed by atoms with Crippen LogP contribution in [-0.2, 0) is 4.79 Å². The molecule has 1 aliphatic rings. The number of rotatable bonds is 5. The molecule has 1 saturated heterocycles. The first-order chi connectivity index (χ1) is 14.9. The topological polar surface area (TPSA) is 94.3 Å². The van der Waals surface area contributed by atoms with Crippen molar-refractivity contribution >= 4 is 29.3 Å². The Labute approximate surface area is 183 Å². The van der Waals surface area contributed by atoms with E-state index in [9.17, 15) is 31.5 Å². The number of carbonyl (C=O) groups excluding carboxylic acids is 2. The van der Waals surface area contributed by atoms with E-state index in [4.69, 9.17) is 10.5 Å². The highest BCUT2D eigenvalue weighted by Crippen LogP contribution is 2.59. The molecule has 0 unspecified atom stereocenters. The number of nitrogens with one attached hydrogen (secondary N) is 1. The highest BCUT2D eigenvalue weighted by atomic mass is 32.2. The second kappa shape index (κ2) is 8.57. The normalized spacial score (nSPS) is 23.1. The predicted molar refractivity (Wildman–Crippen MR) is 107 cm³/mol. The van der Waals surface area contributed by atoms with Gasteiger partial charge in [0.25, 0.3) is 5.91 Å². The molecule has 1 aromatic carbocycles. The summed E-state index contributed by atoms with van der Waals surface area (Å²) in [5.74, 6) is -6.17. The number of nitrogens with two attached hydrogens (primary N) is 1. The first-order valence-electron chi connectivity index (χ1n) is 9.21. The van der Waals surface area contributed by atoms with Crippen LogP contribution in [0.25, 0.3) is 0 Å². The first-order valence-corrected chi connectivity index (χ1v) is 10.1. The number of carbonyl (C=O) groups is 2. The number of alkyl halides is 3. The molecule has 12 heteroatoms. The van der Waals surface area contributed by atoms with Gasteiger partial charge in [0, 0.05) is 17.7 Å². The maximum absolute atomic E-state index is 14.3. The van der Waals surface area contributed by atoms with Gasteiger partial charge in [-0.15, -0.1) is 11.8 Å². The van der Waals surface area contributed by atoms with E-state index in [0.717, 1.165) is 26.2 Å². The molecule has 6 nitrogen and oxygen atoms in total. The van der Waals surface area contributed by atoms with Crippen LogP contribution in [-0.4, -0.2) is 40.1 Å². The van der Waals surface area contributed by atoms with Crippen LogP contribution in [0.5, 0.6) is 5.75 Å². The number of halogens is 5. The third kappa shape index (κ3) is 4.23. The minimum atomic E-state index is -4.69. The summed E-state index contributed by atoms with van der Waals surface area (Å²) >= 11 is 0.348. The van der Waals surface area contributed by atoms with Crippen LogP contribution < -0.4 is 15.8 Å². The van der Waals surface area contributed by atoms with E-state index in [1.165, 1.54) is 18.3 Å². The van der Waals surface area contributed by atoms with Crippen molar-refractivity contribution in [3.63, 3.8) is 0 Å². The van der Waals surface area contributed by atoms with E-state index in [1.807, 2.05) is 0 Å². The second-order valence-electron chi connectivity index (χ2n) is 7.31. The van der Waals surface area contributed by atoms with Crippen molar-refractivity contribution in [2.75, 3.05) is 12.4 Å². The number of methoxy groups -OCH3 is 1. The summed E-state index contributed by atoms with van der Waals surface area (Å²) in [4.78, 5) is 28.4. The predicted octanol–water partition coefficient (Wildman–Crippen LogP) is 4.02.